The van der Waals surface area contributed by atoms with Gasteiger partial charge >= 0.3 is 0 Å². The standard InChI is InChI=1S/C17H16F2O/c18-13-8-9-16(19)15(11-13)17(20)10-4-3-6-12-5-1-2-7-14(12)17/h1-2,5,7-9,11,20H,3-4,6,10H2. The van der Waals surface area contributed by atoms with Gasteiger partial charge in [-0.05, 0) is 55.0 Å². The third kappa shape index (κ3) is 2.12. The summed E-state index contributed by atoms with van der Waals surface area (Å²) in [5.41, 5.74) is 0.296. The SMILES string of the molecule is OC1(c2cc(F)ccc2F)CCCCc2ccccc21. The Labute approximate surface area is 116 Å². The minimum absolute atomic E-state index is 0.0341. The van der Waals surface area contributed by atoms with Gasteiger partial charge in [0.05, 0.1) is 0 Å². The highest BCUT2D eigenvalue weighted by molar-refractivity contribution is 5.42. The average molecular weight is 274 g/mol. The molecule has 0 spiro atoms. The number of rotatable bonds is 1. The van der Waals surface area contributed by atoms with Gasteiger partial charge in [0, 0.05) is 5.56 Å². The minimum Gasteiger partial charge on any atom is -0.380 e. The largest absolute Gasteiger partial charge is 0.380 e. The smallest absolute Gasteiger partial charge is 0.129 e. The third-order valence-electron chi connectivity index (χ3n) is 4.07. The van der Waals surface area contributed by atoms with Crippen LogP contribution < -0.4 is 0 Å². The second kappa shape index (κ2) is 4.98. The maximum absolute atomic E-state index is 14.1. The lowest BCUT2D eigenvalue weighted by Gasteiger charge is -2.30. The predicted octanol–water partition coefficient (Wildman–Crippen LogP) is 3.93. The van der Waals surface area contributed by atoms with Crippen LogP contribution in [0.25, 0.3) is 0 Å². The van der Waals surface area contributed by atoms with Crippen molar-refractivity contribution in [1.29, 1.82) is 0 Å². The molecule has 20 heavy (non-hydrogen) atoms. The highest BCUT2D eigenvalue weighted by atomic mass is 19.1. The lowest BCUT2D eigenvalue weighted by molar-refractivity contribution is 0.0662. The fourth-order valence-electron chi connectivity index (χ4n) is 3.07. The zero-order valence-corrected chi connectivity index (χ0v) is 11.1. The van der Waals surface area contributed by atoms with E-state index in [9.17, 15) is 13.9 Å². The number of halogens is 2. The number of fused-ring (bicyclic) bond motifs is 1. The molecule has 1 atom stereocenters. The van der Waals surface area contributed by atoms with Gasteiger partial charge in [0.1, 0.15) is 17.2 Å². The highest BCUT2D eigenvalue weighted by Crippen LogP contribution is 2.40. The molecule has 0 aliphatic heterocycles. The topological polar surface area (TPSA) is 20.2 Å². The van der Waals surface area contributed by atoms with Gasteiger partial charge in [-0.3, -0.25) is 0 Å². The molecule has 1 unspecified atom stereocenters. The zero-order chi connectivity index (χ0) is 14.2. The van der Waals surface area contributed by atoms with Crippen molar-refractivity contribution in [2.24, 2.45) is 0 Å². The summed E-state index contributed by atoms with van der Waals surface area (Å²) in [4.78, 5) is 0. The molecule has 3 rings (SSSR count). The summed E-state index contributed by atoms with van der Waals surface area (Å²) in [5, 5.41) is 11.1. The van der Waals surface area contributed by atoms with Gasteiger partial charge in [0.25, 0.3) is 0 Å². The molecular weight excluding hydrogens is 258 g/mol. The van der Waals surface area contributed by atoms with Crippen molar-refractivity contribution in [2.75, 3.05) is 0 Å². The fraction of sp³-hybridized carbons (Fsp3) is 0.294. The predicted molar refractivity (Wildman–Crippen MR) is 73.4 cm³/mol. The average Bonchev–Trinajstić information content (AvgIpc) is 2.62. The van der Waals surface area contributed by atoms with Crippen LogP contribution in [-0.2, 0) is 12.0 Å². The van der Waals surface area contributed by atoms with Crippen LogP contribution >= 0.6 is 0 Å². The van der Waals surface area contributed by atoms with Crippen LogP contribution in [0.15, 0.2) is 42.5 Å². The van der Waals surface area contributed by atoms with Crippen LogP contribution in [0.2, 0.25) is 0 Å². The van der Waals surface area contributed by atoms with E-state index < -0.39 is 17.2 Å². The summed E-state index contributed by atoms with van der Waals surface area (Å²) in [6, 6.07) is 10.8. The molecule has 0 saturated carbocycles. The Balaban J connectivity index is 2.22. The Morgan fingerprint density at radius 2 is 1.75 bits per heavy atom. The number of hydrogen-bond acceptors (Lipinski definition) is 1. The number of benzene rings is 2. The van der Waals surface area contributed by atoms with Gasteiger partial charge in [-0.1, -0.05) is 24.3 Å². The number of aryl methyl sites for hydroxylation is 1. The third-order valence-corrected chi connectivity index (χ3v) is 4.07. The van der Waals surface area contributed by atoms with E-state index in [0.717, 1.165) is 43.0 Å². The second-order valence-corrected chi connectivity index (χ2v) is 5.35. The van der Waals surface area contributed by atoms with E-state index in [2.05, 4.69) is 0 Å². The summed E-state index contributed by atoms with van der Waals surface area (Å²) in [7, 11) is 0. The highest BCUT2D eigenvalue weighted by Gasteiger charge is 2.37. The van der Waals surface area contributed by atoms with Crippen molar-refractivity contribution >= 4 is 0 Å². The minimum atomic E-state index is -1.45. The van der Waals surface area contributed by atoms with E-state index in [1.165, 1.54) is 0 Å². The van der Waals surface area contributed by atoms with Crippen molar-refractivity contribution < 1.29 is 13.9 Å². The Bertz CT molecular complexity index is 639. The molecule has 1 nitrogen and oxygen atoms in total. The van der Waals surface area contributed by atoms with Gasteiger partial charge in [-0.2, -0.15) is 0 Å². The molecule has 1 N–H and O–H groups in total. The molecule has 0 radical (unpaired) electrons. The quantitative estimate of drug-likeness (QED) is 0.781. The molecule has 0 bridgehead atoms. The fourth-order valence-corrected chi connectivity index (χ4v) is 3.07. The van der Waals surface area contributed by atoms with Crippen molar-refractivity contribution in [3.8, 4) is 0 Å². The number of aliphatic hydroxyl groups is 1. The van der Waals surface area contributed by atoms with Crippen molar-refractivity contribution in [1.82, 2.24) is 0 Å². The van der Waals surface area contributed by atoms with Gasteiger partial charge in [-0.25, -0.2) is 8.78 Å². The molecule has 2 aromatic rings. The van der Waals surface area contributed by atoms with Gasteiger partial charge in [0.2, 0.25) is 0 Å². The maximum Gasteiger partial charge on any atom is 0.129 e. The van der Waals surface area contributed by atoms with Crippen LogP contribution in [0.4, 0.5) is 8.78 Å². The molecule has 104 valence electrons. The molecule has 2 aromatic carbocycles. The van der Waals surface area contributed by atoms with Crippen LogP contribution in [0.3, 0.4) is 0 Å². The molecule has 1 aliphatic carbocycles. The molecule has 0 heterocycles. The normalized spacial score (nSPS) is 22.1. The molecule has 0 fully saturated rings. The Morgan fingerprint density at radius 3 is 2.60 bits per heavy atom. The second-order valence-electron chi connectivity index (χ2n) is 5.35. The summed E-state index contributed by atoms with van der Waals surface area (Å²) in [6.07, 6.45) is 2.98. The van der Waals surface area contributed by atoms with E-state index >= 15 is 0 Å². The van der Waals surface area contributed by atoms with Crippen molar-refractivity contribution in [2.45, 2.75) is 31.3 Å². The molecule has 0 amide bonds. The molecular formula is C17H16F2O. The Hall–Kier alpha value is -1.74. The summed E-state index contributed by atoms with van der Waals surface area (Å²) in [6.45, 7) is 0. The van der Waals surface area contributed by atoms with Crippen molar-refractivity contribution in [3.05, 3.63) is 70.8 Å². The molecule has 3 heteroatoms. The van der Waals surface area contributed by atoms with Crippen LogP contribution in [0, 0.1) is 11.6 Å². The molecule has 0 aromatic heterocycles. The molecule has 1 aliphatic rings. The first kappa shape index (κ1) is 13.3. The maximum atomic E-state index is 14.1. The van der Waals surface area contributed by atoms with E-state index in [1.54, 1.807) is 0 Å². The number of hydrogen-bond donors (Lipinski definition) is 1. The van der Waals surface area contributed by atoms with E-state index in [-0.39, 0.29) is 5.56 Å². The monoisotopic (exact) mass is 274 g/mol. The van der Waals surface area contributed by atoms with Gasteiger partial charge < -0.3 is 5.11 Å². The summed E-state index contributed by atoms with van der Waals surface area (Å²) >= 11 is 0. The van der Waals surface area contributed by atoms with E-state index in [0.29, 0.717) is 12.0 Å². The Morgan fingerprint density at radius 1 is 0.950 bits per heavy atom. The van der Waals surface area contributed by atoms with Crippen LogP contribution in [0.5, 0.6) is 0 Å². The Kier molecular flexibility index (Phi) is 3.30. The zero-order valence-electron chi connectivity index (χ0n) is 11.1. The lowest BCUT2D eigenvalue weighted by Crippen LogP contribution is -2.29. The first-order chi connectivity index (χ1) is 9.61. The van der Waals surface area contributed by atoms with Crippen LogP contribution in [0.1, 0.15) is 36.0 Å². The van der Waals surface area contributed by atoms with E-state index in [1.807, 2.05) is 24.3 Å². The lowest BCUT2D eigenvalue weighted by atomic mass is 9.81. The first-order valence-electron chi connectivity index (χ1n) is 6.87. The summed E-state index contributed by atoms with van der Waals surface area (Å²) < 4.78 is 27.6. The van der Waals surface area contributed by atoms with Crippen molar-refractivity contribution in [3.63, 3.8) is 0 Å². The van der Waals surface area contributed by atoms with Gasteiger partial charge in [-0.15, -0.1) is 0 Å². The molecule has 0 saturated heterocycles. The van der Waals surface area contributed by atoms with Crippen LogP contribution in [-0.4, -0.2) is 5.11 Å². The van der Waals surface area contributed by atoms with E-state index in [4.69, 9.17) is 0 Å². The summed E-state index contributed by atoms with van der Waals surface area (Å²) in [5.74, 6) is -1.10. The van der Waals surface area contributed by atoms with Gasteiger partial charge in [0.15, 0.2) is 0 Å². The first-order valence-corrected chi connectivity index (χ1v) is 6.87.